The van der Waals surface area contributed by atoms with Crippen LogP contribution in [0.25, 0.3) is 0 Å². The van der Waals surface area contributed by atoms with Gasteiger partial charge >= 0.3 is 0 Å². The Bertz CT molecular complexity index is 1260. The summed E-state index contributed by atoms with van der Waals surface area (Å²) in [5, 5.41) is 5.68. The van der Waals surface area contributed by atoms with E-state index in [1.165, 1.54) is 0 Å². The van der Waals surface area contributed by atoms with Gasteiger partial charge in [0.1, 0.15) is 5.75 Å². The Balaban J connectivity index is 1.44. The first-order valence-corrected chi connectivity index (χ1v) is 11.3. The minimum absolute atomic E-state index is 0.0955. The lowest BCUT2D eigenvalue weighted by atomic mass is 10.1. The smallest absolute Gasteiger partial charge is 0.269 e. The van der Waals surface area contributed by atoms with Gasteiger partial charge in [-0.05, 0) is 85.7 Å². The molecule has 3 aromatic carbocycles. The molecule has 3 amide bonds. The summed E-state index contributed by atoms with van der Waals surface area (Å²) < 4.78 is 5.45. The predicted molar refractivity (Wildman–Crippen MR) is 139 cm³/mol. The van der Waals surface area contributed by atoms with E-state index in [1.807, 2.05) is 26.0 Å². The van der Waals surface area contributed by atoms with Gasteiger partial charge in [0, 0.05) is 21.8 Å². The Labute approximate surface area is 213 Å². The van der Waals surface area contributed by atoms with Gasteiger partial charge in [0.15, 0.2) is 11.7 Å². The first-order valence-electron chi connectivity index (χ1n) is 10.5. The first kappa shape index (κ1) is 25.7. The average molecular weight is 511 g/mol. The highest BCUT2D eigenvalue weighted by molar-refractivity contribution is 7.80. The van der Waals surface area contributed by atoms with Crippen molar-refractivity contribution in [2.24, 2.45) is 0 Å². The zero-order valence-electron chi connectivity index (χ0n) is 19.0. The van der Waals surface area contributed by atoms with Crippen LogP contribution in [0.15, 0.2) is 66.7 Å². The van der Waals surface area contributed by atoms with E-state index in [0.29, 0.717) is 27.6 Å². The van der Waals surface area contributed by atoms with Gasteiger partial charge in [0.25, 0.3) is 17.7 Å². The molecule has 8 nitrogen and oxygen atoms in total. The molecular formula is C25H23ClN4O4S. The van der Waals surface area contributed by atoms with Crippen LogP contribution in [0, 0.1) is 13.8 Å². The zero-order chi connectivity index (χ0) is 25.4. The van der Waals surface area contributed by atoms with Crippen LogP contribution in [0.4, 0.5) is 5.69 Å². The summed E-state index contributed by atoms with van der Waals surface area (Å²) in [7, 11) is 0. The molecule has 0 atom stereocenters. The van der Waals surface area contributed by atoms with E-state index in [1.54, 1.807) is 54.6 Å². The molecule has 0 radical (unpaired) electrons. The van der Waals surface area contributed by atoms with E-state index in [-0.39, 0.29) is 17.6 Å². The van der Waals surface area contributed by atoms with Crippen LogP contribution in [-0.2, 0) is 4.79 Å². The zero-order valence-corrected chi connectivity index (χ0v) is 20.5. The fraction of sp³-hybridized carbons (Fsp3) is 0.120. The molecule has 35 heavy (non-hydrogen) atoms. The van der Waals surface area contributed by atoms with Crippen LogP contribution in [-0.4, -0.2) is 29.4 Å². The maximum absolute atomic E-state index is 12.4. The van der Waals surface area contributed by atoms with E-state index >= 15 is 0 Å². The van der Waals surface area contributed by atoms with Crippen molar-refractivity contribution in [3.8, 4) is 5.75 Å². The number of hydrazine groups is 1. The molecule has 0 saturated carbocycles. The molecule has 3 aromatic rings. The number of carbonyl (C=O) groups excluding carboxylic acids is 3. The predicted octanol–water partition coefficient (Wildman–Crippen LogP) is 3.92. The van der Waals surface area contributed by atoms with Gasteiger partial charge in [-0.3, -0.25) is 30.6 Å². The lowest BCUT2D eigenvalue weighted by Crippen LogP contribution is -2.49. The van der Waals surface area contributed by atoms with Crippen LogP contribution in [0.3, 0.4) is 0 Å². The van der Waals surface area contributed by atoms with Crippen LogP contribution in [0.1, 0.15) is 31.8 Å². The third kappa shape index (κ3) is 7.53. The normalized spacial score (nSPS) is 10.1. The molecular weight excluding hydrogens is 488 g/mol. The summed E-state index contributed by atoms with van der Waals surface area (Å²) >= 11 is 10.9. The van der Waals surface area contributed by atoms with E-state index in [2.05, 4.69) is 21.5 Å². The van der Waals surface area contributed by atoms with Gasteiger partial charge < -0.3 is 10.1 Å². The highest BCUT2D eigenvalue weighted by atomic mass is 35.5. The minimum Gasteiger partial charge on any atom is -0.483 e. The Morgan fingerprint density at radius 2 is 1.60 bits per heavy atom. The van der Waals surface area contributed by atoms with Crippen LogP contribution in [0.2, 0.25) is 5.02 Å². The van der Waals surface area contributed by atoms with Gasteiger partial charge in [-0.1, -0.05) is 29.8 Å². The molecule has 3 rings (SSSR count). The third-order valence-corrected chi connectivity index (χ3v) is 5.27. The number of carbonyl (C=O) groups is 3. The number of halogens is 1. The number of nitrogens with one attached hydrogen (secondary N) is 4. The van der Waals surface area contributed by atoms with Crippen LogP contribution >= 0.6 is 23.8 Å². The monoisotopic (exact) mass is 510 g/mol. The lowest BCUT2D eigenvalue weighted by Gasteiger charge is -2.12. The molecule has 0 bridgehead atoms. The third-order valence-electron chi connectivity index (χ3n) is 4.83. The van der Waals surface area contributed by atoms with Gasteiger partial charge in [0.2, 0.25) is 0 Å². The number of thiocarbonyl (C=S) groups is 1. The topological polar surface area (TPSA) is 109 Å². The molecule has 0 spiro atoms. The summed E-state index contributed by atoms with van der Waals surface area (Å²) in [6, 6.07) is 18.6. The molecule has 0 unspecified atom stereocenters. The van der Waals surface area contributed by atoms with E-state index in [4.69, 9.17) is 28.6 Å². The number of aryl methyl sites for hydroxylation is 2. The number of amides is 3. The highest BCUT2D eigenvalue weighted by Crippen LogP contribution is 2.21. The van der Waals surface area contributed by atoms with Crippen molar-refractivity contribution in [3.63, 3.8) is 0 Å². The molecule has 0 saturated heterocycles. The summed E-state index contributed by atoms with van der Waals surface area (Å²) in [4.78, 5) is 36.8. The molecule has 180 valence electrons. The van der Waals surface area contributed by atoms with Crippen molar-refractivity contribution in [3.05, 3.63) is 94.0 Å². The summed E-state index contributed by atoms with van der Waals surface area (Å²) in [6.45, 7) is 3.40. The van der Waals surface area contributed by atoms with Crippen LogP contribution in [0.5, 0.6) is 5.75 Å². The fourth-order valence-electron chi connectivity index (χ4n) is 3.03. The Morgan fingerprint density at radius 1 is 0.886 bits per heavy atom. The van der Waals surface area contributed by atoms with Gasteiger partial charge in [-0.2, -0.15) is 0 Å². The van der Waals surface area contributed by atoms with Crippen molar-refractivity contribution in [2.45, 2.75) is 13.8 Å². The molecule has 0 heterocycles. The standard InChI is InChI=1S/C25H23ClN4O4S/c1-15-5-3-4-6-20(15)24(33)27-19-10-7-17(8-11-19)23(32)29-30-25(35)28-22(31)14-34-21-12-9-18(26)13-16(21)2/h3-13H,14H2,1-2H3,(H,27,33)(H,29,32)(H2,28,30,31,35). The Kier molecular flexibility index (Phi) is 8.77. The van der Waals surface area contributed by atoms with Crippen molar-refractivity contribution >= 4 is 52.3 Å². The highest BCUT2D eigenvalue weighted by Gasteiger charge is 2.11. The number of hydrogen-bond acceptors (Lipinski definition) is 5. The lowest BCUT2D eigenvalue weighted by molar-refractivity contribution is -0.121. The van der Waals surface area contributed by atoms with Crippen molar-refractivity contribution in [1.82, 2.24) is 16.2 Å². The Morgan fingerprint density at radius 3 is 2.29 bits per heavy atom. The van der Waals surface area contributed by atoms with Gasteiger partial charge in [0.05, 0.1) is 0 Å². The van der Waals surface area contributed by atoms with Crippen molar-refractivity contribution in [2.75, 3.05) is 11.9 Å². The second-order valence-corrected chi connectivity index (χ2v) is 8.35. The maximum atomic E-state index is 12.4. The summed E-state index contributed by atoms with van der Waals surface area (Å²) in [5.74, 6) is -0.695. The molecule has 0 aliphatic carbocycles. The first-order chi connectivity index (χ1) is 16.7. The number of anilines is 1. The summed E-state index contributed by atoms with van der Waals surface area (Å²) in [6.07, 6.45) is 0. The minimum atomic E-state index is -0.500. The molecule has 4 N–H and O–H groups in total. The Hall–Kier alpha value is -3.95. The largest absolute Gasteiger partial charge is 0.483 e. The second-order valence-electron chi connectivity index (χ2n) is 7.50. The van der Waals surface area contributed by atoms with E-state index in [0.717, 1.165) is 11.1 Å². The van der Waals surface area contributed by atoms with E-state index in [9.17, 15) is 14.4 Å². The molecule has 0 aliphatic rings. The van der Waals surface area contributed by atoms with Crippen molar-refractivity contribution in [1.29, 1.82) is 0 Å². The molecule has 0 aliphatic heterocycles. The van der Waals surface area contributed by atoms with E-state index < -0.39 is 11.8 Å². The maximum Gasteiger partial charge on any atom is 0.269 e. The second kappa shape index (κ2) is 12.0. The number of ether oxygens (including phenoxy) is 1. The number of benzene rings is 3. The number of rotatable bonds is 6. The van der Waals surface area contributed by atoms with Crippen LogP contribution < -0.4 is 26.2 Å². The molecule has 0 fully saturated rings. The summed E-state index contributed by atoms with van der Waals surface area (Å²) in [5.41, 5.74) is 7.95. The fourth-order valence-corrected chi connectivity index (χ4v) is 3.42. The van der Waals surface area contributed by atoms with Gasteiger partial charge in [-0.25, -0.2) is 0 Å². The number of hydrogen-bond donors (Lipinski definition) is 4. The molecule has 10 heteroatoms. The average Bonchev–Trinajstić information content (AvgIpc) is 2.82. The van der Waals surface area contributed by atoms with Gasteiger partial charge in [-0.15, -0.1) is 0 Å². The quantitative estimate of drug-likeness (QED) is 0.296. The molecule has 0 aromatic heterocycles. The van der Waals surface area contributed by atoms with Crippen molar-refractivity contribution < 1.29 is 19.1 Å². The SMILES string of the molecule is Cc1cc(Cl)ccc1OCC(=O)NC(=S)NNC(=O)c1ccc(NC(=O)c2ccccc2C)cc1.